The smallest absolute Gasteiger partial charge is 0.247 e. The summed E-state index contributed by atoms with van der Waals surface area (Å²) in [5.41, 5.74) is -0.521. The van der Waals surface area contributed by atoms with Crippen molar-refractivity contribution < 1.29 is 22.0 Å². The fraction of sp³-hybridized carbons (Fsp3) is 0. The topological polar surface area (TPSA) is 77.2 Å². The van der Waals surface area contributed by atoms with Crippen LogP contribution in [0.15, 0.2) is 28.5 Å². The lowest BCUT2D eigenvalue weighted by molar-refractivity contribution is 0.111. The van der Waals surface area contributed by atoms with Gasteiger partial charge in [-0.15, -0.1) is 11.3 Å². The van der Waals surface area contributed by atoms with E-state index in [4.69, 9.17) is 5.14 Å². The summed E-state index contributed by atoms with van der Waals surface area (Å²) in [6.45, 7) is 0. The quantitative estimate of drug-likeness (QED) is 0.883. The number of carbonyl (C=O) groups excluding carboxylic acids is 1. The lowest BCUT2D eigenvalue weighted by atomic mass is 10.1. The molecule has 0 spiro atoms. The lowest BCUT2D eigenvalue weighted by Gasteiger charge is -2.02. The van der Waals surface area contributed by atoms with Crippen molar-refractivity contribution in [2.24, 2.45) is 5.14 Å². The van der Waals surface area contributed by atoms with E-state index in [-0.39, 0.29) is 20.9 Å². The molecule has 0 atom stereocenters. The number of rotatable bonds is 3. The SMILES string of the molecule is NS(=O)(=O)c1ccc(-c2ccc(C=O)c(F)c2F)s1. The van der Waals surface area contributed by atoms with Crippen molar-refractivity contribution in [3.05, 3.63) is 41.5 Å². The van der Waals surface area contributed by atoms with Crippen LogP contribution in [-0.2, 0) is 10.0 Å². The number of nitrogens with two attached hydrogens (primary N) is 1. The molecule has 0 aliphatic rings. The van der Waals surface area contributed by atoms with Gasteiger partial charge in [0.25, 0.3) is 0 Å². The molecule has 19 heavy (non-hydrogen) atoms. The second-order valence-corrected chi connectivity index (χ2v) is 6.48. The molecule has 0 unspecified atom stereocenters. The number of aldehydes is 1. The minimum absolute atomic E-state index is 0.122. The standard InChI is InChI=1S/C11H7F2NO3S2/c12-10-6(5-15)1-2-7(11(10)13)8-3-4-9(18-8)19(14,16)17/h1-5H,(H2,14,16,17). The predicted molar refractivity (Wildman–Crippen MR) is 66.4 cm³/mol. The molecule has 0 saturated heterocycles. The molecular formula is C11H7F2NO3S2. The van der Waals surface area contributed by atoms with Gasteiger partial charge in [-0.1, -0.05) is 0 Å². The van der Waals surface area contributed by atoms with E-state index >= 15 is 0 Å². The summed E-state index contributed by atoms with van der Waals surface area (Å²) >= 11 is 0.721. The zero-order valence-corrected chi connectivity index (χ0v) is 10.9. The fourth-order valence-electron chi connectivity index (χ4n) is 1.46. The number of halogens is 2. The monoisotopic (exact) mass is 303 g/mol. The maximum atomic E-state index is 13.7. The molecule has 0 aliphatic heterocycles. The van der Waals surface area contributed by atoms with Crippen LogP contribution in [-0.4, -0.2) is 14.7 Å². The fourth-order valence-corrected chi connectivity index (χ4v) is 3.21. The van der Waals surface area contributed by atoms with Crippen molar-refractivity contribution in [3.8, 4) is 10.4 Å². The van der Waals surface area contributed by atoms with Crippen molar-refractivity contribution in [2.75, 3.05) is 0 Å². The molecule has 1 heterocycles. The zero-order chi connectivity index (χ0) is 14.2. The number of carbonyl (C=O) groups is 1. The predicted octanol–water partition coefficient (Wildman–Crippen LogP) is 2.15. The van der Waals surface area contributed by atoms with Crippen molar-refractivity contribution in [1.29, 1.82) is 0 Å². The summed E-state index contributed by atoms with van der Waals surface area (Å²) in [6.07, 6.45) is 0.201. The molecule has 2 aromatic rings. The minimum atomic E-state index is -3.88. The highest BCUT2D eigenvalue weighted by molar-refractivity contribution is 7.91. The number of hydrogen-bond acceptors (Lipinski definition) is 4. The van der Waals surface area contributed by atoms with Crippen LogP contribution < -0.4 is 5.14 Å². The minimum Gasteiger partial charge on any atom is -0.298 e. The Balaban J connectivity index is 2.57. The lowest BCUT2D eigenvalue weighted by Crippen LogP contribution is -2.09. The van der Waals surface area contributed by atoms with E-state index in [2.05, 4.69) is 0 Å². The Labute approximate surface area is 111 Å². The first-order chi connectivity index (χ1) is 8.84. The van der Waals surface area contributed by atoms with Gasteiger partial charge in [0.1, 0.15) is 4.21 Å². The third-order valence-electron chi connectivity index (χ3n) is 2.37. The van der Waals surface area contributed by atoms with Crippen LogP contribution in [0.5, 0.6) is 0 Å². The molecule has 0 saturated carbocycles. The van der Waals surface area contributed by atoms with Gasteiger partial charge in [-0.3, -0.25) is 4.79 Å². The first-order valence-electron chi connectivity index (χ1n) is 4.91. The van der Waals surface area contributed by atoms with Crippen LogP contribution in [0.4, 0.5) is 8.78 Å². The number of sulfonamides is 1. The van der Waals surface area contributed by atoms with E-state index in [0.717, 1.165) is 17.4 Å². The average Bonchev–Trinajstić information content (AvgIpc) is 2.81. The molecule has 100 valence electrons. The highest BCUT2D eigenvalue weighted by Gasteiger charge is 2.18. The summed E-state index contributed by atoms with van der Waals surface area (Å²) in [6, 6.07) is 4.86. The Kier molecular flexibility index (Phi) is 3.48. The Hall–Kier alpha value is -1.64. The average molecular weight is 303 g/mol. The molecule has 0 amide bonds. The summed E-state index contributed by atoms with van der Waals surface area (Å²) in [7, 11) is -3.88. The van der Waals surface area contributed by atoms with Crippen molar-refractivity contribution >= 4 is 27.6 Å². The van der Waals surface area contributed by atoms with Gasteiger partial charge in [0.05, 0.1) is 5.56 Å². The first kappa shape index (κ1) is 13.8. The molecule has 0 radical (unpaired) electrons. The Bertz CT molecular complexity index is 753. The highest BCUT2D eigenvalue weighted by atomic mass is 32.2. The zero-order valence-electron chi connectivity index (χ0n) is 9.26. The largest absolute Gasteiger partial charge is 0.298 e. The van der Waals surface area contributed by atoms with Gasteiger partial charge in [0.2, 0.25) is 10.0 Å². The van der Waals surface area contributed by atoms with Crippen LogP contribution >= 0.6 is 11.3 Å². The van der Waals surface area contributed by atoms with E-state index in [0.29, 0.717) is 0 Å². The van der Waals surface area contributed by atoms with Gasteiger partial charge < -0.3 is 0 Å². The second-order valence-electron chi connectivity index (χ2n) is 3.61. The Morgan fingerprint density at radius 3 is 2.32 bits per heavy atom. The van der Waals surface area contributed by atoms with Crippen molar-refractivity contribution in [2.45, 2.75) is 4.21 Å². The summed E-state index contributed by atoms with van der Waals surface area (Å²) < 4.78 is 49.2. The van der Waals surface area contributed by atoms with E-state index in [1.54, 1.807) is 0 Å². The molecule has 0 aliphatic carbocycles. The summed E-state index contributed by atoms with van der Waals surface area (Å²) in [5.74, 6) is -2.47. The van der Waals surface area contributed by atoms with Gasteiger partial charge in [0.15, 0.2) is 17.9 Å². The van der Waals surface area contributed by atoms with Crippen LogP contribution in [0.25, 0.3) is 10.4 Å². The molecule has 0 fully saturated rings. The van der Waals surface area contributed by atoms with E-state index < -0.39 is 27.2 Å². The molecular weight excluding hydrogens is 296 g/mol. The Morgan fingerprint density at radius 2 is 1.79 bits per heavy atom. The van der Waals surface area contributed by atoms with Gasteiger partial charge in [0, 0.05) is 10.4 Å². The maximum Gasteiger partial charge on any atom is 0.247 e. The van der Waals surface area contributed by atoms with Crippen LogP contribution in [0, 0.1) is 11.6 Å². The molecule has 0 bridgehead atoms. The van der Waals surface area contributed by atoms with Gasteiger partial charge in [-0.25, -0.2) is 22.3 Å². The molecule has 8 heteroatoms. The van der Waals surface area contributed by atoms with Gasteiger partial charge in [-0.2, -0.15) is 0 Å². The number of benzene rings is 1. The number of thiophene rings is 1. The molecule has 1 aromatic heterocycles. The van der Waals surface area contributed by atoms with E-state index in [9.17, 15) is 22.0 Å². The third kappa shape index (κ3) is 2.55. The Morgan fingerprint density at radius 1 is 1.11 bits per heavy atom. The van der Waals surface area contributed by atoms with Crippen LogP contribution in [0.3, 0.4) is 0 Å². The maximum absolute atomic E-state index is 13.7. The summed E-state index contributed by atoms with van der Waals surface area (Å²) in [5, 5.41) is 4.93. The molecule has 1 aromatic carbocycles. The van der Waals surface area contributed by atoms with Crippen LogP contribution in [0.1, 0.15) is 10.4 Å². The molecule has 2 rings (SSSR count). The van der Waals surface area contributed by atoms with Crippen molar-refractivity contribution in [3.63, 3.8) is 0 Å². The second kappa shape index (κ2) is 4.80. The van der Waals surface area contributed by atoms with Crippen molar-refractivity contribution in [1.82, 2.24) is 0 Å². The third-order valence-corrected chi connectivity index (χ3v) is 4.92. The van der Waals surface area contributed by atoms with Crippen LogP contribution in [0.2, 0.25) is 0 Å². The number of primary sulfonamides is 1. The summed E-state index contributed by atoms with van der Waals surface area (Å²) in [4.78, 5) is 10.7. The highest BCUT2D eigenvalue weighted by Crippen LogP contribution is 2.33. The normalized spacial score (nSPS) is 11.5. The van der Waals surface area contributed by atoms with Gasteiger partial charge in [-0.05, 0) is 24.3 Å². The number of hydrogen-bond donors (Lipinski definition) is 1. The molecule has 2 N–H and O–H groups in total. The van der Waals surface area contributed by atoms with E-state index in [1.165, 1.54) is 18.2 Å². The van der Waals surface area contributed by atoms with E-state index in [1.807, 2.05) is 0 Å². The molecule has 4 nitrogen and oxygen atoms in total. The van der Waals surface area contributed by atoms with Gasteiger partial charge >= 0.3 is 0 Å². The first-order valence-corrected chi connectivity index (χ1v) is 7.27.